The predicted molar refractivity (Wildman–Crippen MR) is 103 cm³/mol. The largest absolute Gasteiger partial charge is 0.489 e. The van der Waals surface area contributed by atoms with E-state index in [2.05, 4.69) is 5.32 Å². The molecule has 1 saturated carbocycles. The van der Waals surface area contributed by atoms with E-state index in [9.17, 15) is 18.0 Å². The minimum Gasteiger partial charge on any atom is -0.489 e. The summed E-state index contributed by atoms with van der Waals surface area (Å²) in [5, 5.41) is 2.85. The lowest BCUT2D eigenvalue weighted by atomic mass is 10.1. The van der Waals surface area contributed by atoms with Crippen LogP contribution in [0.25, 0.3) is 0 Å². The summed E-state index contributed by atoms with van der Waals surface area (Å²) in [4.78, 5) is 12.2. The van der Waals surface area contributed by atoms with E-state index >= 15 is 0 Å². The van der Waals surface area contributed by atoms with Gasteiger partial charge in [-0.05, 0) is 61.2 Å². The molecule has 0 aromatic heterocycles. The topological polar surface area (TPSA) is 64.4 Å². The summed E-state index contributed by atoms with van der Waals surface area (Å²) >= 11 is 0. The highest BCUT2D eigenvalue weighted by atomic mass is 35.5. The van der Waals surface area contributed by atoms with E-state index in [1.165, 1.54) is 6.07 Å². The second-order valence-electron chi connectivity index (χ2n) is 6.77. The van der Waals surface area contributed by atoms with E-state index in [4.69, 9.17) is 10.5 Å². The van der Waals surface area contributed by atoms with Crippen molar-refractivity contribution in [3.63, 3.8) is 0 Å². The number of alkyl halides is 3. The molecule has 2 aromatic carbocycles. The van der Waals surface area contributed by atoms with Crippen molar-refractivity contribution in [3.8, 4) is 5.75 Å². The van der Waals surface area contributed by atoms with Gasteiger partial charge in [0.25, 0.3) is 0 Å². The maximum atomic E-state index is 12.7. The predicted octanol–water partition coefficient (Wildman–Crippen LogP) is 4.77. The van der Waals surface area contributed by atoms with E-state index in [-0.39, 0.29) is 36.9 Å². The van der Waals surface area contributed by atoms with Gasteiger partial charge in [-0.25, -0.2) is 0 Å². The third-order valence-electron chi connectivity index (χ3n) is 4.63. The number of carbonyl (C=O) groups is 1. The van der Waals surface area contributed by atoms with Crippen molar-refractivity contribution < 1.29 is 22.7 Å². The van der Waals surface area contributed by atoms with Crippen molar-refractivity contribution in [3.05, 3.63) is 59.7 Å². The first-order valence-corrected chi connectivity index (χ1v) is 8.77. The Bertz CT molecular complexity index is 797. The van der Waals surface area contributed by atoms with Crippen molar-refractivity contribution in [2.45, 2.75) is 38.1 Å². The lowest BCUT2D eigenvalue weighted by Gasteiger charge is -2.12. The van der Waals surface area contributed by atoms with Crippen LogP contribution in [0.5, 0.6) is 5.75 Å². The van der Waals surface area contributed by atoms with E-state index in [1.807, 2.05) is 0 Å². The van der Waals surface area contributed by atoms with Gasteiger partial charge >= 0.3 is 6.18 Å². The van der Waals surface area contributed by atoms with Gasteiger partial charge in [0.05, 0.1) is 5.56 Å². The number of nitrogens with one attached hydrogen (secondary N) is 1. The number of hydrogen-bond acceptors (Lipinski definition) is 3. The summed E-state index contributed by atoms with van der Waals surface area (Å²) in [5.41, 5.74) is 6.21. The number of nitrogens with two attached hydrogens (primary N) is 1. The van der Waals surface area contributed by atoms with Gasteiger partial charge in [0.15, 0.2) is 0 Å². The third kappa shape index (κ3) is 5.87. The molecule has 0 heterocycles. The molecule has 2 atom stereocenters. The van der Waals surface area contributed by atoms with Gasteiger partial charge in [-0.3, -0.25) is 4.79 Å². The van der Waals surface area contributed by atoms with Crippen LogP contribution in [-0.2, 0) is 17.6 Å². The zero-order valence-corrected chi connectivity index (χ0v) is 15.9. The number of halogens is 4. The van der Waals surface area contributed by atoms with Crippen LogP contribution in [0.1, 0.15) is 30.4 Å². The Hall–Kier alpha value is -2.25. The highest BCUT2D eigenvalue weighted by Crippen LogP contribution is 2.30. The Morgan fingerprint density at radius 2 is 1.86 bits per heavy atom. The number of hydrogen-bond donors (Lipinski definition) is 2. The fraction of sp³-hybridized carbons (Fsp3) is 0.350. The molecule has 2 aromatic rings. The molecule has 0 aliphatic heterocycles. The number of anilines is 1. The summed E-state index contributed by atoms with van der Waals surface area (Å²) in [6.07, 6.45) is -2.02. The number of rotatable bonds is 5. The van der Waals surface area contributed by atoms with Gasteiger partial charge in [-0.1, -0.05) is 12.1 Å². The van der Waals surface area contributed by atoms with Crippen LogP contribution in [0.4, 0.5) is 18.9 Å². The average Bonchev–Trinajstić information content (AvgIpc) is 3.07. The molecule has 1 aliphatic rings. The van der Waals surface area contributed by atoms with Gasteiger partial charge in [0, 0.05) is 17.6 Å². The molecule has 1 aliphatic carbocycles. The molecule has 0 spiro atoms. The average molecular weight is 415 g/mol. The van der Waals surface area contributed by atoms with E-state index in [0.29, 0.717) is 23.4 Å². The summed E-state index contributed by atoms with van der Waals surface area (Å²) in [5.74, 6) is 0.408. The van der Waals surface area contributed by atoms with Crippen molar-refractivity contribution >= 4 is 24.0 Å². The van der Waals surface area contributed by atoms with Crippen molar-refractivity contribution in [1.29, 1.82) is 0 Å². The quantitative estimate of drug-likeness (QED) is 0.740. The zero-order chi connectivity index (χ0) is 19.4. The van der Waals surface area contributed by atoms with Crippen molar-refractivity contribution in [2.75, 3.05) is 5.32 Å². The first-order valence-electron chi connectivity index (χ1n) is 8.77. The highest BCUT2D eigenvalue weighted by molar-refractivity contribution is 5.92. The molecule has 0 bridgehead atoms. The number of carbonyl (C=O) groups excluding carboxylic acids is 1. The summed E-state index contributed by atoms with van der Waals surface area (Å²) in [6.45, 7) is 0.0234. The van der Waals surface area contributed by atoms with Crippen LogP contribution >= 0.6 is 12.4 Å². The molecule has 152 valence electrons. The first kappa shape index (κ1) is 22.0. The zero-order valence-electron chi connectivity index (χ0n) is 15.0. The van der Waals surface area contributed by atoms with Crippen LogP contribution in [0.15, 0.2) is 48.5 Å². The highest BCUT2D eigenvalue weighted by Gasteiger charge is 2.30. The van der Waals surface area contributed by atoms with Gasteiger partial charge in [-0.15, -0.1) is 12.4 Å². The molecule has 2 unspecified atom stereocenters. The van der Waals surface area contributed by atoms with Gasteiger partial charge in [0.1, 0.15) is 12.4 Å². The van der Waals surface area contributed by atoms with Crippen LogP contribution in [0.3, 0.4) is 0 Å². The van der Waals surface area contributed by atoms with Gasteiger partial charge in [0.2, 0.25) is 5.91 Å². The van der Waals surface area contributed by atoms with Gasteiger partial charge < -0.3 is 15.8 Å². The normalized spacial score (nSPS) is 19.0. The minimum atomic E-state index is -4.38. The number of ether oxygens (including phenoxy) is 1. The molecular formula is C20H22ClF3N2O2. The van der Waals surface area contributed by atoms with Crippen molar-refractivity contribution in [2.24, 2.45) is 11.7 Å². The van der Waals surface area contributed by atoms with Crippen LogP contribution in [0.2, 0.25) is 0 Å². The van der Waals surface area contributed by atoms with E-state index in [1.54, 1.807) is 30.3 Å². The lowest BCUT2D eigenvalue weighted by Crippen LogP contribution is -2.23. The van der Waals surface area contributed by atoms with Crippen molar-refractivity contribution in [1.82, 2.24) is 0 Å². The summed E-state index contributed by atoms with van der Waals surface area (Å²) in [6, 6.07) is 11.9. The second-order valence-corrected chi connectivity index (χ2v) is 6.77. The monoisotopic (exact) mass is 414 g/mol. The Labute approximate surface area is 167 Å². The molecule has 0 radical (unpaired) electrons. The Balaban J connectivity index is 0.00000280. The lowest BCUT2D eigenvalue weighted by molar-refractivity contribution is -0.137. The Kier molecular flexibility index (Phi) is 7.32. The molecule has 1 fully saturated rings. The number of amides is 1. The smallest absolute Gasteiger partial charge is 0.416 e. The molecule has 28 heavy (non-hydrogen) atoms. The van der Waals surface area contributed by atoms with Crippen LogP contribution in [-0.4, -0.2) is 11.9 Å². The maximum Gasteiger partial charge on any atom is 0.416 e. The molecular weight excluding hydrogens is 393 g/mol. The minimum absolute atomic E-state index is 0. The Morgan fingerprint density at radius 1 is 1.14 bits per heavy atom. The van der Waals surface area contributed by atoms with E-state index in [0.717, 1.165) is 25.0 Å². The molecule has 8 heteroatoms. The Morgan fingerprint density at radius 3 is 2.46 bits per heavy atom. The SMILES string of the molecule is Cl.NC1CCC(C(=O)Nc2ccc(OCc3cccc(C(F)(F)F)c3)cc2)C1. The molecule has 3 N–H and O–H groups in total. The van der Waals surface area contributed by atoms with Crippen LogP contribution in [0, 0.1) is 5.92 Å². The molecule has 3 rings (SSSR count). The summed E-state index contributed by atoms with van der Waals surface area (Å²) in [7, 11) is 0. The first-order chi connectivity index (χ1) is 12.8. The van der Waals surface area contributed by atoms with E-state index < -0.39 is 11.7 Å². The second kappa shape index (κ2) is 9.30. The molecule has 0 saturated heterocycles. The molecule has 4 nitrogen and oxygen atoms in total. The maximum absolute atomic E-state index is 12.7. The fourth-order valence-corrected chi connectivity index (χ4v) is 3.14. The summed E-state index contributed by atoms with van der Waals surface area (Å²) < 4.78 is 43.7. The number of benzene rings is 2. The van der Waals surface area contributed by atoms with Gasteiger partial charge in [-0.2, -0.15) is 13.2 Å². The van der Waals surface area contributed by atoms with Crippen LogP contribution < -0.4 is 15.8 Å². The fourth-order valence-electron chi connectivity index (χ4n) is 3.14. The molecule has 1 amide bonds. The standard InChI is InChI=1S/C20H21F3N2O2.ClH/c21-20(22,23)15-3-1-2-13(10-15)12-27-18-8-6-17(7-9-18)25-19(26)14-4-5-16(24)11-14;/h1-3,6-10,14,16H,4-5,11-12,24H2,(H,25,26);1H. The third-order valence-corrected chi connectivity index (χ3v) is 4.63.